The van der Waals surface area contributed by atoms with Crippen LogP contribution >= 0.6 is 0 Å². The van der Waals surface area contributed by atoms with Gasteiger partial charge in [-0.3, -0.25) is 19.9 Å². The third-order valence-electron chi connectivity index (χ3n) is 3.67. The van der Waals surface area contributed by atoms with Gasteiger partial charge in [-0.25, -0.2) is 5.84 Å². The van der Waals surface area contributed by atoms with Gasteiger partial charge in [-0.05, 0) is 18.9 Å². The van der Waals surface area contributed by atoms with E-state index in [4.69, 9.17) is 16.0 Å². The average Bonchev–Trinajstić information content (AvgIpc) is 3.07. The number of furan rings is 1. The molecule has 1 aliphatic carbocycles. The van der Waals surface area contributed by atoms with Crippen LogP contribution in [0.3, 0.4) is 0 Å². The van der Waals surface area contributed by atoms with Gasteiger partial charge in [-0.1, -0.05) is 12.8 Å². The van der Waals surface area contributed by atoms with Crippen molar-refractivity contribution >= 4 is 11.8 Å². The van der Waals surface area contributed by atoms with Gasteiger partial charge in [0.1, 0.15) is 5.76 Å². The van der Waals surface area contributed by atoms with Crippen LogP contribution < -0.4 is 17.0 Å². The van der Waals surface area contributed by atoms with E-state index in [0.717, 1.165) is 25.7 Å². The Morgan fingerprint density at radius 2 is 2.10 bits per heavy atom. The molecular formula is C13H20N4O3. The Kier molecular flexibility index (Phi) is 4.75. The van der Waals surface area contributed by atoms with Gasteiger partial charge >= 0.3 is 0 Å². The number of nitrogens with one attached hydrogen (secondary N) is 1. The first-order valence-corrected chi connectivity index (χ1v) is 6.71. The molecule has 1 aromatic heterocycles. The lowest BCUT2D eigenvalue weighted by Crippen LogP contribution is -2.40. The highest BCUT2D eigenvalue weighted by molar-refractivity contribution is 5.94. The smallest absolute Gasteiger partial charge is 0.268 e. The lowest BCUT2D eigenvalue weighted by molar-refractivity contribution is -0.119. The van der Waals surface area contributed by atoms with E-state index in [1.807, 2.05) is 4.90 Å². The van der Waals surface area contributed by atoms with Crippen LogP contribution in [0.5, 0.6) is 0 Å². The molecule has 0 saturated heterocycles. The Labute approximate surface area is 117 Å². The fourth-order valence-corrected chi connectivity index (χ4v) is 2.71. The second-order valence-electron chi connectivity index (χ2n) is 5.04. The Morgan fingerprint density at radius 1 is 1.40 bits per heavy atom. The summed E-state index contributed by atoms with van der Waals surface area (Å²) in [6, 6.07) is 1.87. The van der Waals surface area contributed by atoms with Crippen molar-refractivity contribution in [1.82, 2.24) is 10.3 Å². The lowest BCUT2D eigenvalue weighted by Gasteiger charge is -2.26. The molecule has 7 nitrogen and oxygen atoms in total. The summed E-state index contributed by atoms with van der Waals surface area (Å²) < 4.78 is 5.35. The Balaban J connectivity index is 2.12. The van der Waals surface area contributed by atoms with Crippen molar-refractivity contribution in [2.45, 2.75) is 38.3 Å². The molecule has 0 bridgehead atoms. The van der Waals surface area contributed by atoms with Gasteiger partial charge in [0.15, 0.2) is 0 Å². The van der Waals surface area contributed by atoms with Crippen LogP contribution in [0.1, 0.15) is 41.8 Å². The number of amides is 2. The zero-order valence-corrected chi connectivity index (χ0v) is 11.3. The van der Waals surface area contributed by atoms with E-state index in [9.17, 15) is 9.59 Å². The molecule has 0 radical (unpaired) electrons. The van der Waals surface area contributed by atoms with Gasteiger partial charge in [0.25, 0.3) is 5.91 Å². The molecule has 1 aromatic rings. The Morgan fingerprint density at radius 3 is 2.70 bits per heavy atom. The number of carbonyl (C=O) groups is 2. The van der Waals surface area contributed by atoms with Gasteiger partial charge in [0.05, 0.1) is 24.9 Å². The third kappa shape index (κ3) is 3.37. The van der Waals surface area contributed by atoms with E-state index < -0.39 is 5.91 Å². The van der Waals surface area contributed by atoms with Crippen molar-refractivity contribution in [2.75, 3.05) is 6.54 Å². The van der Waals surface area contributed by atoms with Crippen LogP contribution in [0, 0.1) is 0 Å². The van der Waals surface area contributed by atoms with Gasteiger partial charge in [-0.15, -0.1) is 0 Å². The highest BCUT2D eigenvalue weighted by atomic mass is 16.3. The topological polar surface area (TPSA) is 115 Å². The number of carbonyl (C=O) groups excluding carboxylic acids is 2. The summed E-state index contributed by atoms with van der Waals surface area (Å²) in [7, 11) is 0. The SMILES string of the molecule is NNC(=O)c1ccoc1CN(CC(N)=O)C1CCCC1. The fraction of sp³-hybridized carbons (Fsp3) is 0.538. The van der Waals surface area contributed by atoms with Crippen LogP contribution in [0.25, 0.3) is 0 Å². The molecule has 1 aliphatic rings. The quantitative estimate of drug-likeness (QED) is 0.389. The van der Waals surface area contributed by atoms with Crippen LogP contribution in [0.4, 0.5) is 0 Å². The van der Waals surface area contributed by atoms with E-state index >= 15 is 0 Å². The standard InChI is InChI=1S/C13H20N4O3/c14-12(18)8-17(9-3-1-2-4-9)7-11-10(5-6-20-11)13(19)16-15/h5-6,9H,1-4,7-8,15H2,(H2,14,18)(H,16,19). The summed E-state index contributed by atoms with van der Waals surface area (Å²) in [4.78, 5) is 24.8. The van der Waals surface area contributed by atoms with Crippen LogP contribution in [0.15, 0.2) is 16.7 Å². The highest BCUT2D eigenvalue weighted by Gasteiger charge is 2.26. The summed E-state index contributed by atoms with van der Waals surface area (Å²) in [5.74, 6) is 4.85. The van der Waals surface area contributed by atoms with Crippen molar-refractivity contribution in [2.24, 2.45) is 11.6 Å². The third-order valence-corrected chi connectivity index (χ3v) is 3.67. The van der Waals surface area contributed by atoms with Crippen LogP contribution in [0.2, 0.25) is 0 Å². The zero-order valence-electron chi connectivity index (χ0n) is 11.3. The number of nitrogens with two attached hydrogens (primary N) is 2. The largest absolute Gasteiger partial charge is 0.467 e. The molecule has 5 N–H and O–H groups in total. The van der Waals surface area contributed by atoms with Gasteiger partial charge in [0, 0.05) is 6.04 Å². The van der Waals surface area contributed by atoms with Gasteiger partial charge in [-0.2, -0.15) is 0 Å². The molecule has 110 valence electrons. The molecule has 1 saturated carbocycles. The van der Waals surface area contributed by atoms with Crippen LogP contribution in [-0.2, 0) is 11.3 Å². The first-order chi connectivity index (χ1) is 9.61. The number of rotatable bonds is 6. The zero-order chi connectivity index (χ0) is 14.5. The minimum Gasteiger partial charge on any atom is -0.467 e. The number of hydrogen-bond donors (Lipinski definition) is 3. The second-order valence-corrected chi connectivity index (χ2v) is 5.04. The maximum Gasteiger partial charge on any atom is 0.268 e. The number of hydrogen-bond acceptors (Lipinski definition) is 5. The predicted molar refractivity (Wildman–Crippen MR) is 72.2 cm³/mol. The summed E-state index contributed by atoms with van der Waals surface area (Å²) >= 11 is 0. The van der Waals surface area contributed by atoms with Crippen molar-refractivity contribution in [3.05, 3.63) is 23.7 Å². The number of nitrogens with zero attached hydrogens (tertiary/aromatic N) is 1. The van der Waals surface area contributed by atoms with Gasteiger partial charge < -0.3 is 10.2 Å². The minimum atomic E-state index is -0.404. The Hall–Kier alpha value is -1.86. The second kappa shape index (κ2) is 6.53. The average molecular weight is 280 g/mol. The monoisotopic (exact) mass is 280 g/mol. The summed E-state index contributed by atoms with van der Waals surface area (Å²) in [6.45, 7) is 0.540. The van der Waals surface area contributed by atoms with Crippen molar-refractivity contribution in [3.63, 3.8) is 0 Å². The highest BCUT2D eigenvalue weighted by Crippen LogP contribution is 2.25. The normalized spacial score (nSPS) is 15.7. The van der Waals surface area contributed by atoms with Crippen LogP contribution in [-0.4, -0.2) is 29.3 Å². The minimum absolute atomic E-state index is 0.162. The molecular weight excluding hydrogens is 260 g/mol. The molecule has 20 heavy (non-hydrogen) atoms. The first kappa shape index (κ1) is 14.5. The van der Waals surface area contributed by atoms with E-state index in [1.54, 1.807) is 6.07 Å². The maximum atomic E-state index is 11.6. The molecule has 2 amide bonds. The summed E-state index contributed by atoms with van der Waals surface area (Å²) in [5.41, 5.74) is 7.77. The maximum absolute atomic E-state index is 11.6. The predicted octanol–water partition coefficient (Wildman–Crippen LogP) is 0.113. The van der Waals surface area contributed by atoms with E-state index in [0.29, 0.717) is 23.9 Å². The number of hydrazine groups is 1. The van der Waals surface area contributed by atoms with Crippen molar-refractivity contribution in [1.29, 1.82) is 0 Å². The molecule has 7 heteroatoms. The molecule has 0 unspecified atom stereocenters. The molecule has 0 atom stereocenters. The van der Waals surface area contributed by atoms with Gasteiger partial charge in [0.2, 0.25) is 5.91 Å². The lowest BCUT2D eigenvalue weighted by atomic mass is 10.1. The number of primary amides is 1. The first-order valence-electron chi connectivity index (χ1n) is 6.71. The summed E-state index contributed by atoms with van der Waals surface area (Å²) in [6.07, 6.45) is 5.80. The van der Waals surface area contributed by atoms with E-state index in [2.05, 4.69) is 5.43 Å². The number of nitrogen functional groups attached to an aromatic ring is 1. The molecule has 0 aliphatic heterocycles. The molecule has 0 aromatic carbocycles. The molecule has 0 spiro atoms. The Bertz CT molecular complexity index is 480. The van der Waals surface area contributed by atoms with E-state index in [1.165, 1.54) is 6.26 Å². The molecule has 1 heterocycles. The van der Waals surface area contributed by atoms with Crippen molar-refractivity contribution < 1.29 is 14.0 Å². The van der Waals surface area contributed by atoms with Crippen molar-refractivity contribution in [3.8, 4) is 0 Å². The molecule has 2 rings (SSSR count). The molecule has 1 fully saturated rings. The fourth-order valence-electron chi connectivity index (χ4n) is 2.71. The van der Waals surface area contributed by atoms with E-state index in [-0.39, 0.29) is 12.5 Å². The summed E-state index contributed by atoms with van der Waals surface area (Å²) in [5, 5.41) is 0.